The fraction of sp³-hybridized carbons (Fsp3) is 0.800. The Morgan fingerprint density at radius 3 is 2.33 bits per heavy atom. The van der Waals surface area contributed by atoms with Gasteiger partial charge in [0.2, 0.25) is 5.91 Å². The van der Waals surface area contributed by atoms with Crippen LogP contribution in [0.4, 0.5) is 0 Å². The van der Waals surface area contributed by atoms with Gasteiger partial charge >= 0.3 is 0 Å². The van der Waals surface area contributed by atoms with E-state index in [1.807, 2.05) is 0 Å². The molecule has 2 N–H and O–H groups in total. The summed E-state index contributed by atoms with van der Waals surface area (Å²) in [6, 6.07) is 0. The molecule has 0 aromatic rings. The Balaban J connectivity index is 0. The first-order chi connectivity index (χ1) is 4.92. The van der Waals surface area contributed by atoms with Gasteiger partial charge in [0.15, 0.2) is 0 Å². The second-order valence-electron chi connectivity index (χ2n) is 2.12. The third-order valence-electron chi connectivity index (χ3n) is 0.953. The fourth-order valence-electron chi connectivity index (χ4n) is 0.519. The second kappa shape index (κ2) is 6.49. The summed E-state index contributed by atoms with van der Waals surface area (Å²) < 4.78 is 28.5. The van der Waals surface area contributed by atoms with E-state index >= 15 is 0 Å². The van der Waals surface area contributed by atoms with E-state index in [1.54, 1.807) is 0 Å². The maximum Gasteiger partial charge on any atom is 0.264 e. The summed E-state index contributed by atoms with van der Waals surface area (Å²) in [5, 5.41) is 2.40. The van der Waals surface area contributed by atoms with Crippen molar-refractivity contribution in [3.05, 3.63) is 0 Å². The molecule has 0 fully saturated rings. The Bertz CT molecular complexity index is 226. The Hall–Kier alpha value is -0.0226. The zero-order chi connectivity index (χ0) is 8.91. The van der Waals surface area contributed by atoms with E-state index in [0.29, 0.717) is 0 Å². The van der Waals surface area contributed by atoms with Gasteiger partial charge in [-0.3, -0.25) is 9.35 Å². The van der Waals surface area contributed by atoms with Crippen LogP contribution in [-0.4, -0.2) is 50.0 Å². The molecule has 67 valence electrons. The second-order valence-corrected chi connectivity index (χ2v) is 3.69. The van der Waals surface area contributed by atoms with E-state index in [4.69, 9.17) is 4.55 Å². The molecule has 0 aliphatic carbocycles. The smallest absolute Gasteiger partial charge is 0.264 e. The van der Waals surface area contributed by atoms with Gasteiger partial charge in [0.1, 0.15) is 0 Å². The minimum Gasteiger partial charge on any atom is -0.356 e. The first-order valence-corrected chi connectivity index (χ1v) is 4.72. The summed E-state index contributed by atoms with van der Waals surface area (Å²) in [7, 11) is -3.87. The van der Waals surface area contributed by atoms with Gasteiger partial charge in [-0.05, 0) is 6.42 Å². The molecule has 0 aromatic heterocycles. The van der Waals surface area contributed by atoms with Crippen molar-refractivity contribution in [2.45, 2.75) is 13.3 Å². The number of carbonyl (C=O) groups is 1. The minimum absolute atomic E-state index is 0. The first kappa shape index (κ1) is 14.5. The number of amides is 1. The van der Waals surface area contributed by atoms with Crippen LogP contribution in [0, 0.1) is 0 Å². The van der Waals surface area contributed by atoms with Crippen molar-refractivity contribution in [2.24, 2.45) is 0 Å². The molecule has 0 bridgehead atoms. The van der Waals surface area contributed by atoms with Gasteiger partial charge in [-0.15, -0.1) is 0 Å². The van der Waals surface area contributed by atoms with Gasteiger partial charge in [-0.2, -0.15) is 8.42 Å². The van der Waals surface area contributed by atoms with Gasteiger partial charge in [0.05, 0.1) is 5.75 Å². The number of hydrogen-bond donors (Lipinski definition) is 2. The molecule has 12 heavy (non-hydrogen) atoms. The third kappa shape index (κ3) is 12.6. The molecule has 1 radical (unpaired) electrons. The quantitative estimate of drug-likeness (QED) is 0.337. The number of nitrogens with one attached hydrogen (secondary N) is 1. The molecule has 7 heteroatoms. The molecule has 5 nitrogen and oxygen atoms in total. The van der Waals surface area contributed by atoms with Crippen molar-refractivity contribution >= 4 is 34.9 Å². The van der Waals surface area contributed by atoms with E-state index < -0.39 is 10.1 Å². The van der Waals surface area contributed by atoms with Crippen LogP contribution < -0.4 is 5.32 Å². The van der Waals surface area contributed by atoms with Crippen molar-refractivity contribution in [3.63, 3.8) is 0 Å². The van der Waals surface area contributed by atoms with E-state index in [0.717, 1.165) is 0 Å². The van der Waals surface area contributed by atoms with Crippen LogP contribution in [0.15, 0.2) is 0 Å². The summed E-state index contributed by atoms with van der Waals surface area (Å²) in [5.41, 5.74) is 0. The molecule has 0 heterocycles. The van der Waals surface area contributed by atoms with Gasteiger partial charge in [-0.1, -0.05) is 0 Å². The van der Waals surface area contributed by atoms with Crippen molar-refractivity contribution in [2.75, 3.05) is 12.3 Å². The number of carbonyl (C=O) groups excluding carboxylic acids is 1. The van der Waals surface area contributed by atoms with Crippen LogP contribution >= 0.6 is 0 Å². The summed E-state index contributed by atoms with van der Waals surface area (Å²) in [5.74, 6) is -0.520. The van der Waals surface area contributed by atoms with E-state index in [1.165, 1.54) is 6.92 Å². The molecule has 0 atom stereocenters. The van der Waals surface area contributed by atoms with Crippen LogP contribution in [0.1, 0.15) is 13.3 Å². The largest absolute Gasteiger partial charge is 0.356 e. The average molecular weight is 188 g/mol. The molecule has 0 aromatic carbocycles. The van der Waals surface area contributed by atoms with Crippen LogP contribution in [0.5, 0.6) is 0 Å². The Morgan fingerprint density at radius 1 is 1.50 bits per heavy atom. The zero-order valence-electron chi connectivity index (χ0n) is 7.20. The normalized spacial score (nSPS) is 10.2. The summed E-state index contributed by atoms with van der Waals surface area (Å²) in [4.78, 5) is 10.2. The van der Waals surface area contributed by atoms with Gasteiger partial charge < -0.3 is 5.32 Å². The molecule has 0 rings (SSSR count). The van der Waals surface area contributed by atoms with Crippen molar-refractivity contribution in [3.8, 4) is 0 Å². The molecule has 0 saturated heterocycles. The summed E-state index contributed by atoms with van der Waals surface area (Å²) in [6.07, 6.45) is 0.235. The van der Waals surface area contributed by atoms with Crippen molar-refractivity contribution in [1.82, 2.24) is 5.32 Å². The summed E-state index contributed by atoms with van der Waals surface area (Å²) >= 11 is 0. The zero-order valence-corrected chi connectivity index (χ0v) is 8.02. The topological polar surface area (TPSA) is 83.5 Å². The monoisotopic (exact) mass is 188 g/mol. The Kier molecular flexibility index (Phi) is 7.84. The molecule has 0 saturated carbocycles. The molecule has 1 amide bonds. The van der Waals surface area contributed by atoms with Gasteiger partial charge in [0, 0.05) is 32.3 Å². The van der Waals surface area contributed by atoms with Crippen LogP contribution in [0.25, 0.3) is 0 Å². The molecule has 0 aliphatic rings. The van der Waals surface area contributed by atoms with Gasteiger partial charge in [-0.25, -0.2) is 0 Å². The molecular weight excluding hydrogens is 177 g/mol. The molecular formula is C5H11LiNO4S. The Morgan fingerprint density at radius 2 is 2.00 bits per heavy atom. The summed E-state index contributed by atoms with van der Waals surface area (Å²) in [6.45, 7) is 1.61. The standard InChI is InChI=1S/C5H11NO4S.Li/c1-5(7)6-3-2-4-11(8,9)10;/h2-4H2,1H3,(H,6,7)(H,8,9,10);. The average Bonchev–Trinajstić information content (AvgIpc) is 1.78. The van der Waals surface area contributed by atoms with Gasteiger partial charge in [0.25, 0.3) is 10.1 Å². The maximum absolute atomic E-state index is 10.2. The SMILES string of the molecule is CC(=O)NCCCS(=O)(=O)O.[Li]. The van der Waals surface area contributed by atoms with E-state index in [9.17, 15) is 13.2 Å². The van der Waals surface area contributed by atoms with Crippen LogP contribution in [-0.2, 0) is 14.9 Å². The van der Waals surface area contributed by atoms with E-state index in [-0.39, 0.29) is 43.5 Å². The molecule has 0 aliphatic heterocycles. The predicted molar refractivity (Wildman–Crippen MR) is 45.5 cm³/mol. The van der Waals surface area contributed by atoms with Crippen molar-refractivity contribution < 1.29 is 17.8 Å². The molecule has 0 spiro atoms. The third-order valence-corrected chi connectivity index (χ3v) is 1.76. The van der Waals surface area contributed by atoms with Crippen LogP contribution in [0.3, 0.4) is 0 Å². The van der Waals surface area contributed by atoms with Crippen LogP contribution in [0.2, 0.25) is 0 Å². The number of hydrogen-bond acceptors (Lipinski definition) is 3. The predicted octanol–water partition coefficient (Wildman–Crippen LogP) is -0.980. The fourth-order valence-corrected chi connectivity index (χ4v) is 1.03. The Labute approximate surface area is 83.8 Å². The minimum atomic E-state index is -3.87. The number of rotatable bonds is 4. The van der Waals surface area contributed by atoms with Crippen molar-refractivity contribution in [1.29, 1.82) is 0 Å². The molecule has 0 unspecified atom stereocenters. The maximum atomic E-state index is 10.2. The van der Waals surface area contributed by atoms with E-state index in [2.05, 4.69) is 5.32 Å². The first-order valence-electron chi connectivity index (χ1n) is 3.11.